The summed E-state index contributed by atoms with van der Waals surface area (Å²) in [5, 5.41) is 13.5. The summed E-state index contributed by atoms with van der Waals surface area (Å²) in [4.78, 5) is 25.3. The van der Waals surface area contributed by atoms with Crippen molar-refractivity contribution < 1.29 is 4.79 Å². The van der Waals surface area contributed by atoms with Crippen LogP contribution in [-0.2, 0) is 17.8 Å². The third-order valence-corrected chi connectivity index (χ3v) is 6.14. The van der Waals surface area contributed by atoms with Gasteiger partial charge in [-0.2, -0.15) is 10.2 Å². The Morgan fingerprint density at radius 3 is 2.41 bits per heavy atom. The third kappa shape index (κ3) is 5.20. The predicted molar refractivity (Wildman–Crippen MR) is 135 cm³/mol. The van der Waals surface area contributed by atoms with Crippen LogP contribution in [0.5, 0.6) is 0 Å². The van der Waals surface area contributed by atoms with E-state index in [0.29, 0.717) is 36.5 Å². The quantitative estimate of drug-likeness (QED) is 0.410. The molecule has 2 heterocycles. The highest BCUT2D eigenvalue weighted by Gasteiger charge is 2.17. The van der Waals surface area contributed by atoms with Gasteiger partial charge in [0.15, 0.2) is 5.52 Å². The maximum Gasteiger partial charge on any atom is 0.295 e. The Balaban J connectivity index is 1.39. The molecule has 1 N–H and O–H groups in total. The van der Waals surface area contributed by atoms with Gasteiger partial charge < -0.3 is 5.32 Å². The molecule has 4 rings (SSSR count). The third-order valence-electron chi connectivity index (χ3n) is 5.89. The largest absolute Gasteiger partial charge is 0.356 e. The summed E-state index contributed by atoms with van der Waals surface area (Å²) >= 11 is 5.89. The second kappa shape index (κ2) is 10.2. The van der Waals surface area contributed by atoms with Crippen molar-refractivity contribution in [3.63, 3.8) is 0 Å². The number of aromatic nitrogens is 4. The Bertz CT molecular complexity index is 1370. The zero-order valence-corrected chi connectivity index (χ0v) is 20.4. The number of hydrogen-bond acceptors (Lipinski definition) is 4. The zero-order valence-electron chi connectivity index (χ0n) is 19.6. The molecule has 0 fully saturated rings. The average molecular weight is 478 g/mol. The van der Waals surface area contributed by atoms with Crippen LogP contribution in [0.1, 0.15) is 35.4 Å². The van der Waals surface area contributed by atoms with Crippen LogP contribution in [0.15, 0.2) is 53.3 Å². The van der Waals surface area contributed by atoms with Gasteiger partial charge in [0.25, 0.3) is 5.56 Å². The van der Waals surface area contributed by atoms with E-state index in [4.69, 9.17) is 11.6 Å². The number of fused-ring (bicyclic) bond motifs is 1. The van der Waals surface area contributed by atoms with E-state index in [-0.39, 0.29) is 11.5 Å². The minimum Gasteiger partial charge on any atom is -0.356 e. The van der Waals surface area contributed by atoms with Crippen LogP contribution in [0.3, 0.4) is 0 Å². The first-order valence-electron chi connectivity index (χ1n) is 11.4. The summed E-state index contributed by atoms with van der Waals surface area (Å²) < 4.78 is 3.21. The van der Waals surface area contributed by atoms with E-state index in [1.807, 2.05) is 69.3 Å². The van der Waals surface area contributed by atoms with E-state index in [1.165, 1.54) is 4.68 Å². The van der Waals surface area contributed by atoms with Crippen LogP contribution in [0.4, 0.5) is 0 Å². The number of carbonyl (C=O) groups is 1. The Kier molecular flexibility index (Phi) is 7.12. The van der Waals surface area contributed by atoms with Gasteiger partial charge in [0.1, 0.15) is 0 Å². The fraction of sp³-hybridized carbons (Fsp3) is 0.308. The second-order valence-electron chi connectivity index (χ2n) is 8.50. The first kappa shape index (κ1) is 23.7. The van der Waals surface area contributed by atoms with Crippen LogP contribution in [0.2, 0.25) is 5.02 Å². The van der Waals surface area contributed by atoms with E-state index < -0.39 is 0 Å². The lowest BCUT2D eigenvalue weighted by molar-refractivity contribution is -0.121. The number of carbonyl (C=O) groups excluding carboxylic acids is 1. The molecule has 7 nitrogen and oxygen atoms in total. The Morgan fingerprint density at radius 2 is 1.71 bits per heavy atom. The van der Waals surface area contributed by atoms with Crippen LogP contribution in [0, 0.1) is 20.8 Å². The number of nitrogens with one attached hydrogen (secondary N) is 1. The van der Waals surface area contributed by atoms with Crippen LogP contribution in [-0.4, -0.2) is 32.0 Å². The lowest BCUT2D eigenvalue weighted by atomic mass is 10.1. The molecule has 4 aromatic rings. The number of aryl methyl sites for hydroxylation is 4. The number of benzene rings is 2. The summed E-state index contributed by atoms with van der Waals surface area (Å²) in [6.45, 7) is 6.77. The number of hydrogen-bond donors (Lipinski definition) is 1. The molecule has 34 heavy (non-hydrogen) atoms. The highest BCUT2D eigenvalue weighted by molar-refractivity contribution is 6.30. The smallest absolute Gasteiger partial charge is 0.295 e. The highest BCUT2D eigenvalue weighted by Crippen LogP contribution is 2.21. The second-order valence-corrected chi connectivity index (χ2v) is 8.94. The first-order valence-corrected chi connectivity index (χ1v) is 11.8. The Morgan fingerprint density at radius 1 is 1.00 bits per heavy atom. The summed E-state index contributed by atoms with van der Waals surface area (Å²) in [6.07, 6.45) is 1.58. The molecule has 2 aromatic heterocycles. The van der Waals surface area contributed by atoms with Crippen molar-refractivity contribution in [3.8, 4) is 5.69 Å². The standard InChI is InChI=1S/C26H28ClN5O2/c1-17-6-12-22(13-7-17)32-19(3)24-18(2)29-31(26(34)25(24)30-32)16-4-5-23(33)28-15-14-20-8-10-21(27)11-9-20/h6-13H,4-5,14-16H2,1-3H3,(H,28,33). The van der Waals surface area contributed by atoms with Gasteiger partial charge in [-0.3, -0.25) is 9.59 Å². The molecule has 0 saturated heterocycles. The molecule has 0 atom stereocenters. The van der Waals surface area contributed by atoms with Crippen molar-refractivity contribution in [2.75, 3.05) is 6.54 Å². The molecule has 8 heteroatoms. The van der Waals surface area contributed by atoms with Gasteiger partial charge in [0.05, 0.1) is 22.5 Å². The normalized spacial score (nSPS) is 11.2. The summed E-state index contributed by atoms with van der Waals surface area (Å²) in [5.74, 6) is -0.0423. The summed E-state index contributed by atoms with van der Waals surface area (Å²) in [5.41, 5.74) is 4.97. The molecule has 2 aromatic carbocycles. The van der Waals surface area contributed by atoms with E-state index in [9.17, 15) is 9.59 Å². The maximum absolute atomic E-state index is 13.1. The van der Waals surface area contributed by atoms with Crippen molar-refractivity contribution in [2.45, 2.75) is 46.6 Å². The van der Waals surface area contributed by atoms with Crippen molar-refractivity contribution >= 4 is 28.4 Å². The van der Waals surface area contributed by atoms with E-state index >= 15 is 0 Å². The molecular weight excluding hydrogens is 450 g/mol. The highest BCUT2D eigenvalue weighted by atomic mass is 35.5. The fourth-order valence-electron chi connectivity index (χ4n) is 4.05. The SMILES string of the molecule is Cc1ccc(-n2nc3c(=O)n(CCCC(=O)NCCc4ccc(Cl)cc4)nc(C)c3c2C)cc1. The molecule has 0 spiro atoms. The molecule has 0 unspecified atom stereocenters. The van der Waals surface area contributed by atoms with E-state index in [1.54, 1.807) is 4.68 Å². The molecule has 1 amide bonds. The van der Waals surface area contributed by atoms with Crippen LogP contribution < -0.4 is 10.9 Å². The van der Waals surface area contributed by atoms with Crippen molar-refractivity contribution in [1.82, 2.24) is 24.9 Å². The molecule has 0 aliphatic heterocycles. The van der Waals surface area contributed by atoms with Crippen LogP contribution >= 0.6 is 11.6 Å². The molecule has 0 bridgehead atoms. The van der Waals surface area contributed by atoms with Crippen molar-refractivity contribution in [2.24, 2.45) is 0 Å². The number of amides is 1. The predicted octanol–water partition coefficient (Wildman–Crippen LogP) is 4.30. The molecule has 176 valence electrons. The maximum atomic E-state index is 13.1. The fourth-order valence-corrected chi connectivity index (χ4v) is 4.17. The number of halogens is 1. The van der Waals surface area contributed by atoms with Gasteiger partial charge in [-0.1, -0.05) is 41.4 Å². The molecule has 0 radical (unpaired) electrons. The van der Waals surface area contributed by atoms with E-state index in [2.05, 4.69) is 15.5 Å². The lowest BCUT2D eigenvalue weighted by Gasteiger charge is -2.08. The van der Waals surface area contributed by atoms with Crippen molar-refractivity contribution in [3.05, 3.63) is 86.4 Å². The molecule has 0 aliphatic rings. The van der Waals surface area contributed by atoms with Gasteiger partial charge in [-0.25, -0.2) is 9.36 Å². The zero-order chi connectivity index (χ0) is 24.2. The average Bonchev–Trinajstić information content (AvgIpc) is 3.17. The number of rotatable bonds is 8. The Hall–Kier alpha value is -3.45. The first-order chi connectivity index (χ1) is 16.3. The monoisotopic (exact) mass is 477 g/mol. The molecule has 0 aliphatic carbocycles. The summed E-state index contributed by atoms with van der Waals surface area (Å²) in [6, 6.07) is 15.6. The Labute approximate surface area is 203 Å². The summed E-state index contributed by atoms with van der Waals surface area (Å²) in [7, 11) is 0. The van der Waals surface area contributed by atoms with Crippen molar-refractivity contribution in [1.29, 1.82) is 0 Å². The topological polar surface area (TPSA) is 81.8 Å². The molecule has 0 saturated carbocycles. The lowest BCUT2D eigenvalue weighted by Crippen LogP contribution is -2.27. The van der Waals surface area contributed by atoms with Crippen LogP contribution in [0.25, 0.3) is 16.6 Å². The van der Waals surface area contributed by atoms with E-state index in [0.717, 1.165) is 40.0 Å². The number of nitrogens with zero attached hydrogens (tertiary/aromatic N) is 4. The van der Waals surface area contributed by atoms with Gasteiger partial charge in [-0.05, 0) is 63.4 Å². The molecular formula is C26H28ClN5O2. The minimum absolute atomic E-state index is 0.0423. The minimum atomic E-state index is -0.238. The van der Waals surface area contributed by atoms with Gasteiger partial charge in [-0.15, -0.1) is 0 Å². The van der Waals surface area contributed by atoms with Gasteiger partial charge >= 0.3 is 0 Å². The van der Waals surface area contributed by atoms with Gasteiger partial charge in [0.2, 0.25) is 5.91 Å². The van der Waals surface area contributed by atoms with Gasteiger partial charge in [0, 0.05) is 24.5 Å².